The van der Waals surface area contributed by atoms with Crippen molar-refractivity contribution in [1.29, 1.82) is 0 Å². The van der Waals surface area contributed by atoms with Gasteiger partial charge in [0, 0.05) is 31.1 Å². The van der Waals surface area contributed by atoms with Crippen LogP contribution in [-0.4, -0.2) is 36.9 Å². The normalized spacial score (nSPS) is 13.1. The Hall–Kier alpha value is -2.44. The fraction of sp³-hybridized carbons (Fsp3) is 0.429. The van der Waals surface area contributed by atoms with Crippen LogP contribution in [0.25, 0.3) is 0 Å². The van der Waals surface area contributed by atoms with Gasteiger partial charge in [-0.05, 0) is 18.6 Å². The number of ether oxygens (including phenoxy) is 2. The van der Waals surface area contributed by atoms with E-state index in [0.29, 0.717) is 43.4 Å². The van der Waals surface area contributed by atoms with Crippen LogP contribution >= 0.6 is 0 Å². The fourth-order valence-electron chi connectivity index (χ4n) is 1.86. The van der Waals surface area contributed by atoms with Crippen molar-refractivity contribution in [2.45, 2.75) is 19.3 Å². The average Bonchev–Trinajstić information content (AvgIpc) is 2.68. The van der Waals surface area contributed by atoms with Gasteiger partial charge in [0.05, 0.1) is 13.2 Å². The highest BCUT2D eigenvalue weighted by Gasteiger charge is 2.11. The van der Waals surface area contributed by atoms with E-state index in [0.717, 1.165) is 6.42 Å². The van der Waals surface area contributed by atoms with E-state index >= 15 is 0 Å². The van der Waals surface area contributed by atoms with Gasteiger partial charge >= 0.3 is 12.0 Å². The first-order valence-electron chi connectivity index (χ1n) is 6.81. The number of carbonyl (C=O) groups excluding carboxylic acids is 1. The minimum atomic E-state index is -0.875. The molecule has 1 aliphatic heterocycles. The Morgan fingerprint density at radius 1 is 1.19 bits per heavy atom. The molecule has 21 heavy (non-hydrogen) atoms. The molecule has 3 N–H and O–H groups in total. The summed E-state index contributed by atoms with van der Waals surface area (Å²) in [5.41, 5.74) is 0.593. The molecule has 114 valence electrons. The first-order chi connectivity index (χ1) is 10.1. The number of carboxylic acids is 1. The Bertz CT molecular complexity index is 518. The molecule has 1 aromatic rings. The van der Waals surface area contributed by atoms with Crippen LogP contribution in [0.15, 0.2) is 18.2 Å². The number of aliphatic carboxylic acids is 1. The highest BCUT2D eigenvalue weighted by molar-refractivity contribution is 5.89. The lowest BCUT2D eigenvalue weighted by Gasteiger charge is -2.11. The number of hydrogen-bond donors (Lipinski definition) is 3. The Labute approximate surface area is 122 Å². The zero-order chi connectivity index (χ0) is 15.1. The molecule has 0 atom stereocenters. The Morgan fingerprint density at radius 2 is 1.95 bits per heavy atom. The van der Waals surface area contributed by atoms with Gasteiger partial charge in [-0.15, -0.1) is 0 Å². The summed E-state index contributed by atoms with van der Waals surface area (Å²) in [7, 11) is 0. The van der Waals surface area contributed by atoms with Gasteiger partial charge in [0.15, 0.2) is 11.5 Å². The SMILES string of the molecule is O=C(O)CCCNC(=O)Nc1ccc2c(c1)OCCCO2. The lowest BCUT2D eigenvalue weighted by atomic mass is 10.2. The third kappa shape index (κ3) is 4.87. The molecule has 1 heterocycles. The Morgan fingerprint density at radius 3 is 2.71 bits per heavy atom. The fourth-order valence-corrected chi connectivity index (χ4v) is 1.86. The lowest BCUT2D eigenvalue weighted by Crippen LogP contribution is -2.29. The molecule has 1 aromatic carbocycles. The molecule has 2 rings (SSSR count). The number of urea groups is 1. The van der Waals surface area contributed by atoms with Crippen LogP contribution < -0.4 is 20.1 Å². The number of hydrogen-bond acceptors (Lipinski definition) is 4. The van der Waals surface area contributed by atoms with Gasteiger partial charge in [-0.2, -0.15) is 0 Å². The zero-order valence-electron chi connectivity index (χ0n) is 11.6. The van der Waals surface area contributed by atoms with Crippen LogP contribution in [0.2, 0.25) is 0 Å². The summed E-state index contributed by atoms with van der Waals surface area (Å²) < 4.78 is 11.0. The summed E-state index contributed by atoms with van der Waals surface area (Å²) in [5, 5.41) is 13.8. The van der Waals surface area contributed by atoms with Crippen LogP contribution in [-0.2, 0) is 4.79 Å². The molecule has 0 bridgehead atoms. The summed E-state index contributed by atoms with van der Waals surface area (Å²) in [5.74, 6) is 0.399. The summed E-state index contributed by atoms with van der Waals surface area (Å²) in [6, 6.07) is 4.80. The second kappa shape index (κ2) is 7.37. The third-order valence-corrected chi connectivity index (χ3v) is 2.86. The summed E-state index contributed by atoms with van der Waals surface area (Å²) in [4.78, 5) is 22.0. The number of anilines is 1. The van der Waals surface area contributed by atoms with Gasteiger partial charge in [-0.3, -0.25) is 4.79 Å². The van der Waals surface area contributed by atoms with E-state index < -0.39 is 5.97 Å². The molecule has 0 aliphatic carbocycles. The number of nitrogens with one attached hydrogen (secondary N) is 2. The highest BCUT2D eigenvalue weighted by Crippen LogP contribution is 2.32. The van der Waals surface area contributed by atoms with E-state index in [9.17, 15) is 9.59 Å². The summed E-state index contributed by atoms with van der Waals surface area (Å²) in [6.07, 6.45) is 1.25. The van der Waals surface area contributed by atoms with Crippen molar-refractivity contribution in [3.05, 3.63) is 18.2 Å². The molecule has 0 saturated heterocycles. The second-order valence-corrected chi connectivity index (χ2v) is 4.59. The molecule has 1 aliphatic rings. The topological polar surface area (TPSA) is 96.9 Å². The molecule has 0 saturated carbocycles. The maximum Gasteiger partial charge on any atom is 0.319 e. The van der Waals surface area contributed by atoms with Gasteiger partial charge in [-0.25, -0.2) is 4.79 Å². The molecule has 7 heteroatoms. The van der Waals surface area contributed by atoms with Crippen LogP contribution in [0.1, 0.15) is 19.3 Å². The van der Waals surface area contributed by atoms with E-state index in [1.54, 1.807) is 18.2 Å². The van der Waals surface area contributed by atoms with Crippen molar-refractivity contribution in [1.82, 2.24) is 5.32 Å². The molecule has 0 radical (unpaired) electrons. The predicted octanol–water partition coefficient (Wildman–Crippen LogP) is 1.83. The van der Waals surface area contributed by atoms with Crippen LogP contribution in [0, 0.1) is 0 Å². The Balaban J connectivity index is 1.83. The monoisotopic (exact) mass is 294 g/mol. The average molecular weight is 294 g/mol. The van der Waals surface area contributed by atoms with Crippen LogP contribution in [0.4, 0.5) is 10.5 Å². The van der Waals surface area contributed by atoms with Gasteiger partial charge < -0.3 is 25.2 Å². The van der Waals surface area contributed by atoms with Crippen molar-refractivity contribution < 1.29 is 24.2 Å². The summed E-state index contributed by atoms with van der Waals surface area (Å²) in [6.45, 7) is 1.50. The van der Waals surface area contributed by atoms with E-state index in [-0.39, 0.29) is 12.5 Å². The van der Waals surface area contributed by atoms with Crippen molar-refractivity contribution in [2.75, 3.05) is 25.1 Å². The molecule has 2 amide bonds. The minimum absolute atomic E-state index is 0.0320. The summed E-state index contributed by atoms with van der Waals surface area (Å²) >= 11 is 0. The zero-order valence-corrected chi connectivity index (χ0v) is 11.6. The van der Waals surface area contributed by atoms with Crippen molar-refractivity contribution in [2.24, 2.45) is 0 Å². The standard InChI is InChI=1S/C14H18N2O5/c17-13(18)3-1-6-15-14(19)16-10-4-5-11-12(9-10)21-8-2-7-20-11/h4-5,9H,1-3,6-8H2,(H,17,18)(H2,15,16,19). The van der Waals surface area contributed by atoms with Crippen LogP contribution in [0.3, 0.4) is 0 Å². The number of amides is 2. The van der Waals surface area contributed by atoms with E-state index in [2.05, 4.69) is 10.6 Å². The van der Waals surface area contributed by atoms with Crippen molar-refractivity contribution >= 4 is 17.7 Å². The molecule has 0 unspecified atom stereocenters. The van der Waals surface area contributed by atoms with E-state index in [1.807, 2.05) is 0 Å². The predicted molar refractivity (Wildman–Crippen MR) is 75.9 cm³/mol. The maximum atomic E-state index is 11.7. The number of carbonyl (C=O) groups is 2. The molecule has 0 spiro atoms. The largest absolute Gasteiger partial charge is 0.490 e. The number of benzene rings is 1. The molecule has 7 nitrogen and oxygen atoms in total. The number of fused-ring (bicyclic) bond motifs is 1. The van der Waals surface area contributed by atoms with E-state index in [1.165, 1.54) is 0 Å². The van der Waals surface area contributed by atoms with Crippen molar-refractivity contribution in [3.8, 4) is 11.5 Å². The number of carboxylic acid groups (broad SMARTS) is 1. The van der Waals surface area contributed by atoms with Crippen molar-refractivity contribution in [3.63, 3.8) is 0 Å². The van der Waals surface area contributed by atoms with Gasteiger partial charge in [0.25, 0.3) is 0 Å². The third-order valence-electron chi connectivity index (χ3n) is 2.86. The molecular weight excluding hydrogens is 276 g/mol. The molecule has 0 fully saturated rings. The minimum Gasteiger partial charge on any atom is -0.490 e. The highest BCUT2D eigenvalue weighted by atomic mass is 16.5. The van der Waals surface area contributed by atoms with Crippen LogP contribution in [0.5, 0.6) is 11.5 Å². The van der Waals surface area contributed by atoms with Gasteiger partial charge in [0.1, 0.15) is 0 Å². The first kappa shape index (κ1) is 15.0. The lowest BCUT2D eigenvalue weighted by molar-refractivity contribution is -0.137. The maximum absolute atomic E-state index is 11.7. The molecule has 0 aromatic heterocycles. The smallest absolute Gasteiger partial charge is 0.319 e. The Kier molecular flexibility index (Phi) is 5.25. The number of rotatable bonds is 5. The first-order valence-corrected chi connectivity index (χ1v) is 6.81. The van der Waals surface area contributed by atoms with E-state index in [4.69, 9.17) is 14.6 Å². The quantitative estimate of drug-likeness (QED) is 0.720. The second-order valence-electron chi connectivity index (χ2n) is 4.59. The van der Waals surface area contributed by atoms with Gasteiger partial charge in [-0.1, -0.05) is 0 Å². The van der Waals surface area contributed by atoms with Gasteiger partial charge in [0.2, 0.25) is 0 Å². The molecular formula is C14H18N2O5.